The molecule has 0 saturated heterocycles. The number of aromatic nitrogens is 2. The van der Waals surface area contributed by atoms with Crippen LogP contribution < -0.4 is 0 Å². The number of ketones is 1. The lowest BCUT2D eigenvalue weighted by Crippen LogP contribution is -2.03. The summed E-state index contributed by atoms with van der Waals surface area (Å²) in [6.45, 7) is 7.90. The first-order chi connectivity index (χ1) is 8.04. The Balaban J connectivity index is 2.73. The molecule has 0 N–H and O–H groups in total. The Morgan fingerprint density at radius 1 is 1.41 bits per heavy atom. The standard InChI is InChI=1S/C14H18N2O/c1-5-13-12-7-6-11(10(4)17)8-14(12)16(15-13)9(2)3/h6-9H,5H2,1-4H3. The van der Waals surface area contributed by atoms with Crippen molar-refractivity contribution >= 4 is 16.7 Å². The second kappa shape index (κ2) is 4.32. The fraction of sp³-hybridized carbons (Fsp3) is 0.429. The van der Waals surface area contributed by atoms with Crippen LogP contribution in [-0.4, -0.2) is 15.6 Å². The molecule has 0 amide bonds. The summed E-state index contributed by atoms with van der Waals surface area (Å²) in [7, 11) is 0. The summed E-state index contributed by atoms with van der Waals surface area (Å²) in [5, 5.41) is 5.77. The van der Waals surface area contributed by atoms with Crippen molar-refractivity contribution < 1.29 is 4.79 Å². The first-order valence-corrected chi connectivity index (χ1v) is 6.06. The van der Waals surface area contributed by atoms with E-state index in [0.717, 1.165) is 28.6 Å². The Morgan fingerprint density at radius 3 is 2.65 bits per heavy atom. The van der Waals surface area contributed by atoms with Crippen LogP contribution in [-0.2, 0) is 6.42 Å². The Morgan fingerprint density at radius 2 is 2.12 bits per heavy atom. The normalized spacial score (nSPS) is 11.4. The number of hydrogen-bond donors (Lipinski definition) is 0. The second-order valence-corrected chi connectivity index (χ2v) is 4.63. The third-order valence-corrected chi connectivity index (χ3v) is 3.01. The molecular formula is C14H18N2O. The van der Waals surface area contributed by atoms with E-state index >= 15 is 0 Å². The van der Waals surface area contributed by atoms with Crippen molar-refractivity contribution in [1.82, 2.24) is 9.78 Å². The van der Waals surface area contributed by atoms with Gasteiger partial charge in [-0.2, -0.15) is 5.10 Å². The molecule has 0 radical (unpaired) electrons. The number of nitrogens with zero attached hydrogens (tertiary/aromatic N) is 2. The van der Waals surface area contributed by atoms with Gasteiger partial charge in [0.05, 0.1) is 11.2 Å². The van der Waals surface area contributed by atoms with Gasteiger partial charge in [0.25, 0.3) is 0 Å². The number of hydrogen-bond acceptors (Lipinski definition) is 2. The minimum atomic E-state index is 0.0986. The van der Waals surface area contributed by atoms with Crippen LogP contribution in [0.2, 0.25) is 0 Å². The van der Waals surface area contributed by atoms with Gasteiger partial charge in [0.15, 0.2) is 5.78 Å². The van der Waals surface area contributed by atoms with Crippen LogP contribution in [0.5, 0.6) is 0 Å². The molecule has 3 heteroatoms. The molecule has 1 aromatic carbocycles. The molecule has 0 fully saturated rings. The van der Waals surface area contributed by atoms with E-state index in [1.54, 1.807) is 6.92 Å². The highest BCUT2D eigenvalue weighted by Crippen LogP contribution is 2.23. The Bertz CT molecular complexity index is 567. The van der Waals surface area contributed by atoms with Crippen molar-refractivity contribution in [2.75, 3.05) is 0 Å². The number of benzene rings is 1. The number of rotatable bonds is 3. The van der Waals surface area contributed by atoms with E-state index in [1.165, 1.54) is 0 Å². The van der Waals surface area contributed by atoms with Crippen molar-refractivity contribution in [3.63, 3.8) is 0 Å². The van der Waals surface area contributed by atoms with Gasteiger partial charge in [-0.3, -0.25) is 9.48 Å². The number of carbonyl (C=O) groups is 1. The average Bonchev–Trinajstić information content (AvgIpc) is 2.66. The zero-order chi connectivity index (χ0) is 12.6. The largest absolute Gasteiger partial charge is 0.295 e. The van der Waals surface area contributed by atoms with Gasteiger partial charge in [0.1, 0.15) is 0 Å². The van der Waals surface area contributed by atoms with Crippen LogP contribution in [0.1, 0.15) is 49.8 Å². The van der Waals surface area contributed by atoms with Crippen molar-refractivity contribution in [2.45, 2.75) is 40.2 Å². The van der Waals surface area contributed by atoms with Gasteiger partial charge in [-0.1, -0.05) is 19.1 Å². The molecule has 0 aliphatic rings. The number of aryl methyl sites for hydroxylation is 1. The van der Waals surface area contributed by atoms with Crippen LogP contribution in [0.15, 0.2) is 18.2 Å². The van der Waals surface area contributed by atoms with Crippen molar-refractivity contribution in [3.05, 3.63) is 29.5 Å². The molecule has 0 aliphatic heterocycles. The molecule has 0 unspecified atom stereocenters. The van der Waals surface area contributed by atoms with E-state index in [2.05, 4.69) is 25.9 Å². The summed E-state index contributed by atoms with van der Waals surface area (Å²) in [6.07, 6.45) is 0.912. The third-order valence-electron chi connectivity index (χ3n) is 3.01. The Kier molecular flexibility index (Phi) is 3.01. The van der Waals surface area contributed by atoms with E-state index in [4.69, 9.17) is 0 Å². The average molecular weight is 230 g/mol. The number of carbonyl (C=O) groups excluding carboxylic acids is 1. The van der Waals surface area contributed by atoms with Crippen LogP contribution in [0, 0.1) is 0 Å². The zero-order valence-corrected chi connectivity index (χ0v) is 10.8. The fourth-order valence-corrected chi connectivity index (χ4v) is 2.08. The van der Waals surface area contributed by atoms with Crippen LogP contribution in [0.4, 0.5) is 0 Å². The summed E-state index contributed by atoms with van der Waals surface area (Å²) in [4.78, 5) is 11.4. The number of fused-ring (bicyclic) bond motifs is 1. The zero-order valence-electron chi connectivity index (χ0n) is 10.8. The van der Waals surface area contributed by atoms with Crippen molar-refractivity contribution in [1.29, 1.82) is 0 Å². The lowest BCUT2D eigenvalue weighted by atomic mass is 10.1. The maximum absolute atomic E-state index is 11.4. The molecule has 2 rings (SSSR count). The molecular weight excluding hydrogens is 212 g/mol. The Labute approximate surface area is 101 Å². The first-order valence-electron chi connectivity index (χ1n) is 6.06. The monoisotopic (exact) mass is 230 g/mol. The summed E-state index contributed by atoms with van der Waals surface area (Å²) >= 11 is 0. The lowest BCUT2D eigenvalue weighted by Gasteiger charge is -2.07. The molecule has 2 aromatic rings. The Hall–Kier alpha value is -1.64. The van der Waals surface area contributed by atoms with Gasteiger partial charge >= 0.3 is 0 Å². The molecule has 0 bridgehead atoms. The van der Waals surface area contributed by atoms with Crippen molar-refractivity contribution in [3.8, 4) is 0 Å². The third kappa shape index (κ3) is 1.97. The molecule has 17 heavy (non-hydrogen) atoms. The maximum atomic E-state index is 11.4. The van der Waals surface area contributed by atoms with E-state index in [0.29, 0.717) is 6.04 Å². The fourth-order valence-electron chi connectivity index (χ4n) is 2.08. The maximum Gasteiger partial charge on any atom is 0.159 e. The summed E-state index contributed by atoms with van der Waals surface area (Å²) < 4.78 is 2.00. The molecule has 3 nitrogen and oxygen atoms in total. The topological polar surface area (TPSA) is 34.9 Å². The van der Waals surface area contributed by atoms with Gasteiger partial charge in [0, 0.05) is 17.0 Å². The predicted molar refractivity (Wildman–Crippen MR) is 69.5 cm³/mol. The van der Waals surface area contributed by atoms with Gasteiger partial charge in [-0.05, 0) is 33.3 Å². The van der Waals surface area contributed by atoms with Crippen molar-refractivity contribution in [2.24, 2.45) is 0 Å². The second-order valence-electron chi connectivity index (χ2n) is 4.63. The first kappa shape index (κ1) is 11.8. The molecule has 90 valence electrons. The highest BCUT2D eigenvalue weighted by atomic mass is 16.1. The molecule has 0 saturated carbocycles. The smallest absolute Gasteiger partial charge is 0.159 e. The van der Waals surface area contributed by atoms with E-state index in [1.807, 2.05) is 22.9 Å². The van der Waals surface area contributed by atoms with Crippen LogP contribution >= 0.6 is 0 Å². The SMILES string of the molecule is CCc1nn(C(C)C)c2cc(C(C)=O)ccc12. The van der Waals surface area contributed by atoms with Gasteiger partial charge in [-0.25, -0.2) is 0 Å². The van der Waals surface area contributed by atoms with Crippen LogP contribution in [0.25, 0.3) is 10.9 Å². The lowest BCUT2D eigenvalue weighted by molar-refractivity contribution is 0.101. The quantitative estimate of drug-likeness (QED) is 0.758. The van der Waals surface area contributed by atoms with E-state index in [-0.39, 0.29) is 5.78 Å². The summed E-state index contributed by atoms with van der Waals surface area (Å²) in [6, 6.07) is 6.15. The van der Waals surface area contributed by atoms with E-state index in [9.17, 15) is 4.79 Å². The molecule has 0 aliphatic carbocycles. The predicted octanol–water partition coefficient (Wildman–Crippen LogP) is 3.38. The van der Waals surface area contributed by atoms with Crippen LogP contribution in [0.3, 0.4) is 0 Å². The van der Waals surface area contributed by atoms with Gasteiger partial charge in [0.2, 0.25) is 0 Å². The molecule has 1 heterocycles. The minimum Gasteiger partial charge on any atom is -0.295 e. The van der Waals surface area contributed by atoms with Gasteiger partial charge in [-0.15, -0.1) is 0 Å². The summed E-state index contributed by atoms with van der Waals surface area (Å²) in [5.74, 6) is 0.0986. The highest BCUT2D eigenvalue weighted by molar-refractivity contribution is 5.98. The molecule has 0 spiro atoms. The highest BCUT2D eigenvalue weighted by Gasteiger charge is 2.12. The van der Waals surface area contributed by atoms with E-state index < -0.39 is 0 Å². The minimum absolute atomic E-state index is 0.0986. The molecule has 1 aromatic heterocycles. The van der Waals surface area contributed by atoms with Gasteiger partial charge < -0.3 is 0 Å². The number of Topliss-reactive ketones (excluding diaryl/α,β-unsaturated/α-hetero) is 1. The molecule has 0 atom stereocenters. The summed E-state index contributed by atoms with van der Waals surface area (Å²) in [5.41, 5.74) is 2.91.